The van der Waals surface area contributed by atoms with Gasteiger partial charge in [0.15, 0.2) is 0 Å². The molecule has 136 valence electrons. The maximum absolute atomic E-state index is 11.1. The van der Waals surface area contributed by atoms with Gasteiger partial charge < -0.3 is 19.7 Å². The van der Waals surface area contributed by atoms with Crippen LogP contribution in [0.1, 0.15) is 59.8 Å². The summed E-state index contributed by atoms with van der Waals surface area (Å²) in [4.78, 5) is 13.6. The molecule has 0 aromatic rings. The summed E-state index contributed by atoms with van der Waals surface area (Å²) in [6.45, 7) is 12.0. The predicted octanol–water partition coefficient (Wildman–Crippen LogP) is 2.79. The zero-order valence-electron chi connectivity index (χ0n) is 15.7. The van der Waals surface area contributed by atoms with Crippen LogP contribution in [0, 0.1) is 5.41 Å². The summed E-state index contributed by atoms with van der Waals surface area (Å²) in [6.07, 6.45) is 6.03. The standard InChI is InChI=1S/C18H36N2O3/c1-15(23-14-22-5)7-10-18(3,4)9-6-11-20-12-8-17(13-20)19-16(2)21/h15,17H,6-14H2,1-5H3,(H,19,21)/t15-,17-/m0/s1. The summed E-state index contributed by atoms with van der Waals surface area (Å²) in [7, 11) is 1.66. The van der Waals surface area contributed by atoms with Gasteiger partial charge in [0, 0.05) is 33.2 Å². The molecule has 0 bridgehead atoms. The SMILES string of the molecule is COCO[C@@H](C)CCC(C)(C)CCCN1CC[C@H](NC(C)=O)C1. The molecule has 1 amide bonds. The number of hydrogen-bond donors (Lipinski definition) is 1. The summed E-state index contributed by atoms with van der Waals surface area (Å²) >= 11 is 0. The topological polar surface area (TPSA) is 50.8 Å². The molecule has 2 atom stereocenters. The van der Waals surface area contributed by atoms with Gasteiger partial charge in [-0.15, -0.1) is 0 Å². The lowest BCUT2D eigenvalue weighted by molar-refractivity contribution is -0.119. The number of likely N-dealkylation sites (tertiary alicyclic amines) is 1. The van der Waals surface area contributed by atoms with Gasteiger partial charge in [0.1, 0.15) is 6.79 Å². The number of ether oxygens (including phenoxy) is 2. The molecule has 0 saturated carbocycles. The van der Waals surface area contributed by atoms with Crippen molar-refractivity contribution in [3.05, 3.63) is 0 Å². The van der Waals surface area contributed by atoms with Gasteiger partial charge in [-0.05, 0) is 51.0 Å². The van der Waals surface area contributed by atoms with Crippen LogP contribution in [0.25, 0.3) is 0 Å². The molecule has 0 aromatic heterocycles. The second-order valence-corrected chi connectivity index (χ2v) is 7.68. The first-order valence-electron chi connectivity index (χ1n) is 8.92. The lowest BCUT2D eigenvalue weighted by atomic mass is 9.82. The van der Waals surface area contributed by atoms with Crippen molar-refractivity contribution in [1.82, 2.24) is 10.2 Å². The van der Waals surface area contributed by atoms with E-state index in [1.165, 1.54) is 19.3 Å². The minimum absolute atomic E-state index is 0.0859. The Labute approximate surface area is 142 Å². The van der Waals surface area contributed by atoms with E-state index < -0.39 is 0 Å². The number of hydrogen-bond acceptors (Lipinski definition) is 4. The van der Waals surface area contributed by atoms with Gasteiger partial charge in [-0.25, -0.2) is 0 Å². The summed E-state index contributed by atoms with van der Waals surface area (Å²) in [5.41, 5.74) is 0.349. The molecule has 0 aliphatic carbocycles. The Hall–Kier alpha value is -0.650. The third-order valence-electron chi connectivity index (χ3n) is 4.71. The first kappa shape index (κ1) is 20.4. The highest BCUT2D eigenvalue weighted by Gasteiger charge is 2.24. The fourth-order valence-corrected chi connectivity index (χ4v) is 3.21. The van der Waals surface area contributed by atoms with Crippen LogP contribution in [-0.4, -0.2) is 56.5 Å². The molecule has 23 heavy (non-hydrogen) atoms. The molecule has 0 spiro atoms. The van der Waals surface area contributed by atoms with E-state index in [1.54, 1.807) is 14.0 Å². The predicted molar refractivity (Wildman–Crippen MR) is 93.3 cm³/mol. The van der Waals surface area contributed by atoms with Crippen molar-refractivity contribution in [3.63, 3.8) is 0 Å². The first-order chi connectivity index (χ1) is 10.8. The van der Waals surface area contributed by atoms with Crippen LogP contribution in [0.15, 0.2) is 0 Å². The van der Waals surface area contributed by atoms with E-state index in [0.29, 0.717) is 18.2 Å². The summed E-state index contributed by atoms with van der Waals surface area (Å²) in [6, 6.07) is 0.347. The number of carbonyl (C=O) groups is 1. The van der Waals surface area contributed by atoms with Crippen molar-refractivity contribution >= 4 is 5.91 Å². The van der Waals surface area contributed by atoms with Crippen molar-refractivity contribution < 1.29 is 14.3 Å². The Bertz CT molecular complexity index is 347. The minimum atomic E-state index is 0.0859. The van der Waals surface area contributed by atoms with Crippen molar-refractivity contribution in [3.8, 4) is 0 Å². The third kappa shape index (κ3) is 9.28. The molecule has 1 aliphatic heterocycles. The van der Waals surface area contributed by atoms with Crippen LogP contribution in [0.5, 0.6) is 0 Å². The molecule has 0 radical (unpaired) electrons. The molecule has 1 aliphatic rings. The van der Waals surface area contributed by atoms with Gasteiger partial charge in [0.05, 0.1) is 6.10 Å². The number of methoxy groups -OCH3 is 1. The van der Waals surface area contributed by atoms with Gasteiger partial charge in [-0.3, -0.25) is 4.79 Å². The molecular weight excluding hydrogens is 292 g/mol. The Morgan fingerprint density at radius 2 is 2.13 bits per heavy atom. The Morgan fingerprint density at radius 3 is 2.78 bits per heavy atom. The first-order valence-corrected chi connectivity index (χ1v) is 8.92. The Balaban J connectivity index is 2.15. The van der Waals surface area contributed by atoms with E-state index in [0.717, 1.165) is 32.5 Å². The van der Waals surface area contributed by atoms with Gasteiger partial charge >= 0.3 is 0 Å². The summed E-state index contributed by atoms with van der Waals surface area (Å²) in [5.74, 6) is 0.0859. The number of nitrogens with one attached hydrogen (secondary N) is 1. The lowest BCUT2D eigenvalue weighted by Gasteiger charge is -2.27. The van der Waals surface area contributed by atoms with E-state index in [2.05, 4.69) is 31.0 Å². The average Bonchev–Trinajstić information content (AvgIpc) is 2.89. The zero-order valence-corrected chi connectivity index (χ0v) is 15.7. The van der Waals surface area contributed by atoms with E-state index in [-0.39, 0.29) is 12.0 Å². The minimum Gasteiger partial charge on any atom is -0.359 e. The number of amides is 1. The third-order valence-corrected chi connectivity index (χ3v) is 4.71. The second kappa shape index (κ2) is 10.3. The Kier molecular flexibility index (Phi) is 9.10. The summed E-state index contributed by atoms with van der Waals surface area (Å²) in [5, 5.41) is 3.02. The van der Waals surface area contributed by atoms with Crippen LogP contribution in [0.4, 0.5) is 0 Å². The lowest BCUT2D eigenvalue weighted by Crippen LogP contribution is -2.35. The van der Waals surface area contributed by atoms with E-state index in [4.69, 9.17) is 9.47 Å². The highest BCUT2D eigenvalue weighted by molar-refractivity contribution is 5.73. The average molecular weight is 328 g/mol. The van der Waals surface area contributed by atoms with Crippen molar-refractivity contribution in [2.75, 3.05) is 33.5 Å². The molecular formula is C18H36N2O3. The van der Waals surface area contributed by atoms with E-state index in [9.17, 15) is 4.79 Å². The van der Waals surface area contributed by atoms with Crippen LogP contribution in [-0.2, 0) is 14.3 Å². The highest BCUT2D eigenvalue weighted by atomic mass is 16.7. The number of rotatable bonds is 11. The molecule has 0 aromatic carbocycles. The fourth-order valence-electron chi connectivity index (χ4n) is 3.21. The molecule has 1 N–H and O–H groups in total. The number of nitrogens with zero attached hydrogens (tertiary/aromatic N) is 1. The quantitative estimate of drug-likeness (QED) is 0.593. The summed E-state index contributed by atoms with van der Waals surface area (Å²) < 4.78 is 10.5. The van der Waals surface area contributed by atoms with Crippen molar-refractivity contribution in [2.24, 2.45) is 5.41 Å². The largest absolute Gasteiger partial charge is 0.359 e. The van der Waals surface area contributed by atoms with Gasteiger partial charge in [-0.1, -0.05) is 13.8 Å². The molecule has 1 fully saturated rings. The smallest absolute Gasteiger partial charge is 0.217 e. The van der Waals surface area contributed by atoms with Gasteiger partial charge in [-0.2, -0.15) is 0 Å². The molecule has 1 heterocycles. The highest BCUT2D eigenvalue weighted by Crippen LogP contribution is 2.29. The monoisotopic (exact) mass is 328 g/mol. The van der Waals surface area contributed by atoms with Crippen LogP contribution < -0.4 is 5.32 Å². The fraction of sp³-hybridized carbons (Fsp3) is 0.944. The van der Waals surface area contributed by atoms with E-state index >= 15 is 0 Å². The van der Waals surface area contributed by atoms with Crippen LogP contribution in [0.2, 0.25) is 0 Å². The maximum atomic E-state index is 11.1. The molecule has 5 nitrogen and oxygen atoms in total. The van der Waals surface area contributed by atoms with Crippen molar-refractivity contribution in [2.45, 2.75) is 71.9 Å². The van der Waals surface area contributed by atoms with Gasteiger partial charge in [0.2, 0.25) is 5.91 Å². The second-order valence-electron chi connectivity index (χ2n) is 7.68. The normalized spacial score (nSPS) is 20.7. The molecule has 0 unspecified atom stereocenters. The number of carbonyl (C=O) groups excluding carboxylic acids is 1. The molecule has 1 rings (SSSR count). The van der Waals surface area contributed by atoms with E-state index in [1.807, 2.05) is 0 Å². The Morgan fingerprint density at radius 1 is 1.39 bits per heavy atom. The maximum Gasteiger partial charge on any atom is 0.217 e. The zero-order chi connectivity index (χ0) is 17.3. The van der Waals surface area contributed by atoms with Crippen molar-refractivity contribution in [1.29, 1.82) is 0 Å². The molecule has 1 saturated heterocycles. The van der Waals surface area contributed by atoms with Crippen LogP contribution >= 0.6 is 0 Å². The van der Waals surface area contributed by atoms with Crippen LogP contribution in [0.3, 0.4) is 0 Å². The van der Waals surface area contributed by atoms with Gasteiger partial charge in [0.25, 0.3) is 0 Å². The molecule has 5 heteroatoms.